The minimum absolute atomic E-state index is 0.156. The highest BCUT2D eigenvalue weighted by Crippen LogP contribution is 2.21. The van der Waals surface area contributed by atoms with E-state index in [0.29, 0.717) is 11.6 Å². The second-order valence-electron chi connectivity index (χ2n) is 5.05. The summed E-state index contributed by atoms with van der Waals surface area (Å²) in [6.45, 7) is 1.56. The molecule has 6 nitrogen and oxygen atoms in total. The molecule has 0 aromatic heterocycles. The number of amides is 1. The Bertz CT molecular complexity index is 933. The summed E-state index contributed by atoms with van der Waals surface area (Å²) in [5.74, 6) is -2.72. The first kappa shape index (κ1) is 17.7. The van der Waals surface area contributed by atoms with Crippen molar-refractivity contribution < 1.29 is 18.5 Å². The van der Waals surface area contributed by atoms with Gasteiger partial charge >= 0.3 is 0 Å². The van der Waals surface area contributed by atoms with Gasteiger partial charge in [-0.25, -0.2) is 8.78 Å². The summed E-state index contributed by atoms with van der Waals surface area (Å²) < 4.78 is 26.4. The molecule has 0 unspecified atom stereocenters. The van der Waals surface area contributed by atoms with Crippen LogP contribution in [-0.2, 0) is 4.79 Å². The van der Waals surface area contributed by atoms with Gasteiger partial charge in [0, 0.05) is 17.7 Å². The molecule has 0 spiro atoms. The number of aryl methyl sites for hydroxylation is 1. The molecule has 0 aliphatic rings. The number of hydrogen-bond acceptors (Lipinski definition) is 4. The Kier molecular flexibility index (Phi) is 5.19. The second-order valence-corrected chi connectivity index (χ2v) is 5.05. The van der Waals surface area contributed by atoms with Crippen LogP contribution in [0.1, 0.15) is 11.1 Å². The lowest BCUT2D eigenvalue weighted by atomic mass is 10.1. The molecule has 0 heterocycles. The molecule has 1 N–H and O–H groups in total. The summed E-state index contributed by atoms with van der Waals surface area (Å²) >= 11 is 0. The third kappa shape index (κ3) is 4.23. The molecule has 2 aromatic rings. The predicted octanol–water partition coefficient (Wildman–Crippen LogP) is 3.73. The molecular weight excluding hydrogens is 332 g/mol. The first-order valence-electron chi connectivity index (χ1n) is 6.95. The van der Waals surface area contributed by atoms with Crippen LogP contribution in [0.15, 0.2) is 42.0 Å². The monoisotopic (exact) mass is 343 g/mol. The van der Waals surface area contributed by atoms with Gasteiger partial charge in [-0.2, -0.15) is 5.26 Å². The molecule has 0 saturated heterocycles. The number of halogens is 2. The number of hydrogen-bond donors (Lipinski definition) is 1. The molecule has 25 heavy (non-hydrogen) atoms. The highest BCUT2D eigenvalue weighted by atomic mass is 19.1. The standard InChI is InChI=1S/C17H11F2N3O3/c1-10-2-3-11(7-16(10)22(24)25)6-12(9-20)17(23)21-15-5-4-13(18)8-14(15)19/h2-8H,1H3,(H,21,23)/b12-6+. The molecular formula is C17H11F2N3O3. The Morgan fingerprint density at radius 2 is 2.00 bits per heavy atom. The van der Waals surface area contributed by atoms with Crippen molar-refractivity contribution in [1.29, 1.82) is 5.26 Å². The number of carbonyl (C=O) groups is 1. The number of carbonyl (C=O) groups excluding carboxylic acids is 1. The lowest BCUT2D eigenvalue weighted by Crippen LogP contribution is -2.14. The maximum atomic E-state index is 13.6. The Labute approximate surface area is 141 Å². The van der Waals surface area contributed by atoms with E-state index in [4.69, 9.17) is 5.26 Å². The van der Waals surface area contributed by atoms with Crippen LogP contribution in [0, 0.1) is 40.0 Å². The first-order valence-corrected chi connectivity index (χ1v) is 6.95. The van der Waals surface area contributed by atoms with E-state index < -0.39 is 22.5 Å². The topological polar surface area (TPSA) is 96.0 Å². The first-order chi connectivity index (χ1) is 11.8. The highest BCUT2D eigenvalue weighted by molar-refractivity contribution is 6.09. The van der Waals surface area contributed by atoms with E-state index in [-0.39, 0.29) is 22.5 Å². The third-order valence-corrected chi connectivity index (χ3v) is 3.29. The zero-order valence-corrected chi connectivity index (χ0v) is 12.9. The minimum Gasteiger partial charge on any atom is -0.319 e. The molecule has 8 heteroatoms. The van der Waals surface area contributed by atoms with E-state index >= 15 is 0 Å². The quantitative estimate of drug-likeness (QED) is 0.396. The number of nitriles is 1. The molecule has 0 radical (unpaired) electrons. The fourth-order valence-corrected chi connectivity index (χ4v) is 2.01. The van der Waals surface area contributed by atoms with Crippen molar-refractivity contribution in [2.75, 3.05) is 5.32 Å². The van der Waals surface area contributed by atoms with E-state index in [1.165, 1.54) is 18.2 Å². The number of benzene rings is 2. The molecule has 0 atom stereocenters. The van der Waals surface area contributed by atoms with Crippen LogP contribution in [0.4, 0.5) is 20.2 Å². The molecule has 0 aliphatic heterocycles. The van der Waals surface area contributed by atoms with Crippen LogP contribution in [0.3, 0.4) is 0 Å². The third-order valence-electron chi connectivity index (χ3n) is 3.29. The van der Waals surface area contributed by atoms with Crippen molar-refractivity contribution in [3.05, 3.63) is 74.8 Å². The van der Waals surface area contributed by atoms with Crippen LogP contribution in [0.25, 0.3) is 6.08 Å². The van der Waals surface area contributed by atoms with Gasteiger partial charge in [0.25, 0.3) is 11.6 Å². The van der Waals surface area contributed by atoms with Crippen molar-refractivity contribution >= 4 is 23.4 Å². The lowest BCUT2D eigenvalue weighted by Gasteiger charge is -2.06. The Balaban J connectivity index is 2.31. The fourth-order valence-electron chi connectivity index (χ4n) is 2.01. The Morgan fingerprint density at radius 3 is 2.60 bits per heavy atom. The zero-order valence-electron chi connectivity index (χ0n) is 12.9. The van der Waals surface area contributed by atoms with E-state index in [0.717, 1.165) is 18.2 Å². The van der Waals surface area contributed by atoms with Gasteiger partial charge in [-0.1, -0.05) is 12.1 Å². The normalized spacial score (nSPS) is 10.9. The SMILES string of the molecule is Cc1ccc(/C=C(\C#N)C(=O)Nc2ccc(F)cc2F)cc1[N+](=O)[O-]. The van der Waals surface area contributed by atoms with Gasteiger partial charge in [0.15, 0.2) is 0 Å². The van der Waals surface area contributed by atoms with Crippen LogP contribution in [0.5, 0.6) is 0 Å². The van der Waals surface area contributed by atoms with Crippen molar-refractivity contribution in [1.82, 2.24) is 0 Å². The van der Waals surface area contributed by atoms with E-state index in [2.05, 4.69) is 5.32 Å². The van der Waals surface area contributed by atoms with Gasteiger partial charge in [0.05, 0.1) is 10.6 Å². The largest absolute Gasteiger partial charge is 0.319 e. The number of rotatable bonds is 4. The minimum atomic E-state index is -0.989. The maximum Gasteiger partial charge on any atom is 0.272 e. The van der Waals surface area contributed by atoms with Crippen LogP contribution >= 0.6 is 0 Å². The molecule has 2 rings (SSSR count). The van der Waals surface area contributed by atoms with Gasteiger partial charge in [-0.15, -0.1) is 0 Å². The van der Waals surface area contributed by atoms with Crippen molar-refractivity contribution in [3.8, 4) is 6.07 Å². The zero-order chi connectivity index (χ0) is 18.6. The van der Waals surface area contributed by atoms with Gasteiger partial charge in [-0.05, 0) is 30.7 Å². The smallest absolute Gasteiger partial charge is 0.272 e. The van der Waals surface area contributed by atoms with Crippen LogP contribution in [-0.4, -0.2) is 10.8 Å². The summed E-state index contributed by atoms with van der Waals surface area (Å²) in [7, 11) is 0. The average molecular weight is 343 g/mol. The predicted molar refractivity (Wildman–Crippen MR) is 86.4 cm³/mol. The fraction of sp³-hybridized carbons (Fsp3) is 0.0588. The molecule has 126 valence electrons. The Hall–Kier alpha value is -3.60. The number of anilines is 1. The molecule has 1 amide bonds. The lowest BCUT2D eigenvalue weighted by molar-refractivity contribution is -0.385. The highest BCUT2D eigenvalue weighted by Gasteiger charge is 2.15. The summed E-state index contributed by atoms with van der Waals surface area (Å²) in [5, 5.41) is 22.2. The van der Waals surface area contributed by atoms with Crippen molar-refractivity contribution in [2.24, 2.45) is 0 Å². The van der Waals surface area contributed by atoms with Crippen LogP contribution < -0.4 is 5.32 Å². The summed E-state index contributed by atoms with van der Waals surface area (Å²) in [6, 6.07) is 8.43. The van der Waals surface area contributed by atoms with Gasteiger partial charge in [0.1, 0.15) is 23.3 Å². The number of nitro benzene ring substituents is 1. The van der Waals surface area contributed by atoms with Crippen molar-refractivity contribution in [2.45, 2.75) is 6.92 Å². The molecule has 2 aromatic carbocycles. The maximum absolute atomic E-state index is 13.6. The van der Waals surface area contributed by atoms with Crippen LogP contribution in [0.2, 0.25) is 0 Å². The second kappa shape index (κ2) is 7.31. The van der Waals surface area contributed by atoms with Gasteiger partial charge < -0.3 is 5.32 Å². The number of nitrogens with zero attached hydrogens (tertiary/aromatic N) is 2. The van der Waals surface area contributed by atoms with E-state index in [1.807, 2.05) is 0 Å². The molecule has 0 fully saturated rings. The Morgan fingerprint density at radius 1 is 1.28 bits per heavy atom. The van der Waals surface area contributed by atoms with E-state index in [1.54, 1.807) is 13.0 Å². The molecule has 0 aliphatic carbocycles. The summed E-state index contributed by atoms with van der Waals surface area (Å²) in [6.07, 6.45) is 1.14. The average Bonchev–Trinajstić information content (AvgIpc) is 2.56. The number of nitro groups is 1. The van der Waals surface area contributed by atoms with E-state index in [9.17, 15) is 23.7 Å². The molecule has 0 bridgehead atoms. The van der Waals surface area contributed by atoms with Crippen molar-refractivity contribution in [3.63, 3.8) is 0 Å². The summed E-state index contributed by atoms with van der Waals surface area (Å²) in [4.78, 5) is 22.4. The number of nitrogens with one attached hydrogen (secondary N) is 1. The van der Waals surface area contributed by atoms with Gasteiger partial charge in [0.2, 0.25) is 0 Å². The van der Waals surface area contributed by atoms with Gasteiger partial charge in [-0.3, -0.25) is 14.9 Å². The molecule has 0 saturated carbocycles. The summed E-state index contributed by atoms with van der Waals surface area (Å²) in [5.41, 5.74) is -0.137.